The molecule has 1 N–H and O–H groups in total. The largest absolute Gasteiger partial charge is 0.492 e. The van der Waals surface area contributed by atoms with Gasteiger partial charge in [-0.15, -0.1) is 0 Å². The summed E-state index contributed by atoms with van der Waals surface area (Å²) in [7, 11) is 0. The predicted octanol–water partition coefficient (Wildman–Crippen LogP) is 3.07. The SMILES string of the molecule is CC1CCN(CCOc2ccc(C(C)(C)C)cc2)C1CO. The lowest BCUT2D eigenvalue weighted by Crippen LogP contribution is -2.37. The molecule has 2 atom stereocenters. The van der Waals surface area contributed by atoms with Crippen molar-refractivity contribution < 1.29 is 9.84 Å². The number of rotatable bonds is 5. The molecule has 0 aliphatic carbocycles. The Balaban J connectivity index is 1.81. The van der Waals surface area contributed by atoms with Crippen LogP contribution in [-0.2, 0) is 5.41 Å². The number of aliphatic hydroxyl groups is 1. The fourth-order valence-corrected chi connectivity index (χ4v) is 2.99. The fourth-order valence-electron chi connectivity index (χ4n) is 2.99. The van der Waals surface area contributed by atoms with E-state index >= 15 is 0 Å². The molecule has 1 aromatic rings. The monoisotopic (exact) mass is 291 g/mol. The summed E-state index contributed by atoms with van der Waals surface area (Å²) in [4.78, 5) is 2.34. The second kappa shape index (κ2) is 6.80. The summed E-state index contributed by atoms with van der Waals surface area (Å²) < 4.78 is 5.84. The highest BCUT2D eigenvalue weighted by atomic mass is 16.5. The van der Waals surface area contributed by atoms with Crippen LogP contribution in [0.3, 0.4) is 0 Å². The van der Waals surface area contributed by atoms with Crippen molar-refractivity contribution in [3.8, 4) is 5.75 Å². The van der Waals surface area contributed by atoms with Crippen molar-refractivity contribution in [1.29, 1.82) is 0 Å². The summed E-state index contributed by atoms with van der Waals surface area (Å²) in [5.41, 5.74) is 1.50. The van der Waals surface area contributed by atoms with Crippen molar-refractivity contribution in [2.75, 3.05) is 26.3 Å². The van der Waals surface area contributed by atoms with E-state index in [1.807, 2.05) is 0 Å². The van der Waals surface area contributed by atoms with Gasteiger partial charge in [-0.3, -0.25) is 4.90 Å². The summed E-state index contributed by atoms with van der Waals surface area (Å²) in [5, 5.41) is 9.45. The minimum absolute atomic E-state index is 0.179. The molecule has 0 bridgehead atoms. The van der Waals surface area contributed by atoms with Gasteiger partial charge in [0.25, 0.3) is 0 Å². The van der Waals surface area contributed by atoms with Crippen molar-refractivity contribution in [3.05, 3.63) is 29.8 Å². The van der Waals surface area contributed by atoms with Crippen molar-refractivity contribution in [1.82, 2.24) is 4.90 Å². The highest BCUT2D eigenvalue weighted by Crippen LogP contribution is 2.25. The van der Waals surface area contributed by atoms with Gasteiger partial charge in [-0.25, -0.2) is 0 Å². The van der Waals surface area contributed by atoms with Crippen molar-refractivity contribution >= 4 is 0 Å². The van der Waals surface area contributed by atoms with E-state index < -0.39 is 0 Å². The average Bonchev–Trinajstić information content (AvgIpc) is 2.79. The van der Waals surface area contributed by atoms with Crippen LogP contribution in [0.25, 0.3) is 0 Å². The topological polar surface area (TPSA) is 32.7 Å². The molecule has 1 aliphatic heterocycles. The molecule has 0 spiro atoms. The second-order valence-corrected chi connectivity index (χ2v) is 7.17. The van der Waals surface area contributed by atoms with Crippen molar-refractivity contribution in [2.24, 2.45) is 5.92 Å². The summed E-state index contributed by atoms with van der Waals surface area (Å²) in [5.74, 6) is 1.51. The number of ether oxygens (including phenoxy) is 1. The maximum atomic E-state index is 9.45. The quantitative estimate of drug-likeness (QED) is 0.905. The van der Waals surface area contributed by atoms with Crippen molar-refractivity contribution in [2.45, 2.75) is 45.6 Å². The van der Waals surface area contributed by atoms with Gasteiger partial charge >= 0.3 is 0 Å². The highest BCUT2D eigenvalue weighted by Gasteiger charge is 2.29. The van der Waals surface area contributed by atoms with Crippen LogP contribution in [0.1, 0.15) is 39.7 Å². The van der Waals surface area contributed by atoms with Gasteiger partial charge in [-0.05, 0) is 42.0 Å². The van der Waals surface area contributed by atoms with Gasteiger partial charge in [-0.2, -0.15) is 0 Å². The lowest BCUT2D eigenvalue weighted by atomic mass is 9.87. The first-order valence-electron chi connectivity index (χ1n) is 8.00. The zero-order valence-corrected chi connectivity index (χ0v) is 13.8. The third kappa shape index (κ3) is 4.21. The minimum atomic E-state index is 0.179. The van der Waals surface area contributed by atoms with Gasteiger partial charge in [0.1, 0.15) is 12.4 Å². The molecule has 3 nitrogen and oxygen atoms in total. The smallest absolute Gasteiger partial charge is 0.119 e. The maximum absolute atomic E-state index is 9.45. The Bertz CT molecular complexity index is 436. The first kappa shape index (κ1) is 16.3. The van der Waals surface area contributed by atoms with E-state index in [4.69, 9.17) is 4.74 Å². The Hall–Kier alpha value is -1.06. The summed E-state index contributed by atoms with van der Waals surface area (Å²) in [6.45, 7) is 11.7. The average molecular weight is 291 g/mol. The van der Waals surface area contributed by atoms with Crippen LogP contribution in [0.5, 0.6) is 5.75 Å². The molecule has 1 fully saturated rings. The molecular weight excluding hydrogens is 262 g/mol. The molecule has 1 aromatic carbocycles. The molecule has 0 radical (unpaired) electrons. The summed E-state index contributed by atoms with van der Waals surface area (Å²) in [6, 6.07) is 8.69. The number of hydrogen-bond acceptors (Lipinski definition) is 3. The Morgan fingerprint density at radius 1 is 1.24 bits per heavy atom. The van der Waals surface area contributed by atoms with Gasteiger partial charge in [0.05, 0.1) is 6.61 Å². The third-order valence-corrected chi connectivity index (χ3v) is 4.55. The molecule has 1 saturated heterocycles. The standard InChI is InChI=1S/C18H29NO2/c1-14-9-10-19(17(14)13-20)11-12-21-16-7-5-15(6-8-16)18(2,3)4/h5-8,14,17,20H,9-13H2,1-4H3. The molecule has 3 heteroatoms. The van der Waals surface area contributed by atoms with Crippen LogP contribution in [0.2, 0.25) is 0 Å². The van der Waals surface area contributed by atoms with Crippen LogP contribution >= 0.6 is 0 Å². The normalized spacial score (nSPS) is 23.5. The highest BCUT2D eigenvalue weighted by molar-refractivity contribution is 5.31. The van der Waals surface area contributed by atoms with Gasteiger partial charge in [0.15, 0.2) is 0 Å². The van der Waals surface area contributed by atoms with E-state index in [1.165, 1.54) is 12.0 Å². The van der Waals surface area contributed by atoms with Gasteiger partial charge in [0.2, 0.25) is 0 Å². The van der Waals surface area contributed by atoms with E-state index in [9.17, 15) is 5.11 Å². The molecule has 0 amide bonds. The van der Waals surface area contributed by atoms with Crippen LogP contribution in [-0.4, -0.2) is 42.4 Å². The van der Waals surface area contributed by atoms with Crippen molar-refractivity contribution in [3.63, 3.8) is 0 Å². The minimum Gasteiger partial charge on any atom is -0.492 e. The Labute approximate surface area is 128 Å². The first-order valence-corrected chi connectivity index (χ1v) is 8.00. The molecule has 0 saturated carbocycles. The van der Waals surface area contributed by atoms with Gasteiger partial charge < -0.3 is 9.84 Å². The van der Waals surface area contributed by atoms with Crippen LogP contribution < -0.4 is 4.74 Å². The van der Waals surface area contributed by atoms with Crippen LogP contribution in [0, 0.1) is 5.92 Å². The number of hydrogen-bond donors (Lipinski definition) is 1. The zero-order chi connectivity index (χ0) is 15.5. The van der Waals surface area contributed by atoms with Crippen LogP contribution in [0.15, 0.2) is 24.3 Å². The number of nitrogens with zero attached hydrogens (tertiary/aromatic N) is 1. The molecular formula is C18H29NO2. The Morgan fingerprint density at radius 2 is 1.90 bits per heavy atom. The van der Waals surface area contributed by atoms with E-state index in [2.05, 4.69) is 56.9 Å². The van der Waals surface area contributed by atoms with E-state index in [0.29, 0.717) is 18.6 Å². The molecule has 118 valence electrons. The summed E-state index contributed by atoms with van der Waals surface area (Å²) >= 11 is 0. The van der Waals surface area contributed by atoms with Gasteiger partial charge in [0, 0.05) is 12.6 Å². The number of likely N-dealkylation sites (tertiary alicyclic amines) is 1. The number of aliphatic hydroxyl groups excluding tert-OH is 1. The fraction of sp³-hybridized carbons (Fsp3) is 0.667. The van der Waals surface area contributed by atoms with E-state index in [-0.39, 0.29) is 12.0 Å². The molecule has 2 unspecified atom stereocenters. The lowest BCUT2D eigenvalue weighted by Gasteiger charge is -2.25. The predicted molar refractivity (Wildman–Crippen MR) is 86.9 cm³/mol. The third-order valence-electron chi connectivity index (χ3n) is 4.55. The first-order chi connectivity index (χ1) is 9.91. The second-order valence-electron chi connectivity index (χ2n) is 7.17. The van der Waals surface area contributed by atoms with Crippen LogP contribution in [0.4, 0.5) is 0 Å². The maximum Gasteiger partial charge on any atom is 0.119 e. The molecule has 1 aliphatic rings. The van der Waals surface area contributed by atoms with E-state index in [0.717, 1.165) is 18.8 Å². The Kier molecular flexibility index (Phi) is 5.28. The summed E-state index contributed by atoms with van der Waals surface area (Å²) in [6.07, 6.45) is 1.17. The van der Waals surface area contributed by atoms with E-state index in [1.54, 1.807) is 0 Å². The molecule has 21 heavy (non-hydrogen) atoms. The number of benzene rings is 1. The van der Waals surface area contributed by atoms with Gasteiger partial charge in [-0.1, -0.05) is 39.8 Å². The lowest BCUT2D eigenvalue weighted by molar-refractivity contribution is 0.123. The molecule has 2 rings (SSSR count). The zero-order valence-electron chi connectivity index (χ0n) is 13.8. The Morgan fingerprint density at radius 3 is 2.48 bits per heavy atom. The molecule has 0 aromatic heterocycles. The molecule has 1 heterocycles.